The normalized spacial score (nSPS) is 17.8. The average Bonchev–Trinajstić information content (AvgIpc) is 3.21. The monoisotopic (exact) mass is 528 g/mol. The predicted octanol–water partition coefficient (Wildman–Crippen LogP) is 4.77. The number of amidine groups is 1. The second-order valence-corrected chi connectivity index (χ2v) is 9.73. The lowest BCUT2D eigenvalue weighted by Gasteiger charge is -2.28. The molecule has 2 aliphatic heterocycles. The zero-order valence-electron chi connectivity index (χ0n) is 21.0. The van der Waals surface area contributed by atoms with E-state index in [4.69, 9.17) is 14.5 Å². The van der Waals surface area contributed by atoms with Gasteiger partial charge in [-0.1, -0.05) is 36.4 Å². The van der Waals surface area contributed by atoms with Crippen molar-refractivity contribution in [3.63, 3.8) is 0 Å². The predicted molar refractivity (Wildman–Crippen MR) is 152 cm³/mol. The summed E-state index contributed by atoms with van der Waals surface area (Å²) in [7, 11) is 1.72. The van der Waals surface area contributed by atoms with E-state index in [1.807, 2.05) is 72.8 Å². The molecule has 0 unspecified atom stereocenters. The number of likely N-dealkylation sites (N-methyl/N-ethyl adjacent to an activating group) is 1. The molecule has 3 aromatic carbocycles. The number of hydrogen-bond donors (Lipinski definition) is 1. The zero-order chi connectivity index (χ0) is 26.3. The Balaban J connectivity index is 1.26. The molecule has 3 aromatic rings. The maximum atomic E-state index is 13.0. The van der Waals surface area contributed by atoms with Gasteiger partial charge in [-0.25, -0.2) is 4.99 Å². The smallest absolute Gasteiger partial charge is 0.266 e. The number of benzene rings is 3. The number of nitrogens with one attached hydrogen (secondary N) is 1. The number of ether oxygens (including phenoxy) is 2. The van der Waals surface area contributed by atoms with Crippen LogP contribution < -0.4 is 15.0 Å². The van der Waals surface area contributed by atoms with Crippen molar-refractivity contribution in [2.45, 2.75) is 0 Å². The fraction of sp³-hybridized carbons (Fsp3) is 0.207. The minimum Gasteiger partial charge on any atom is -0.483 e. The number of amides is 2. The summed E-state index contributed by atoms with van der Waals surface area (Å²) in [6, 6.07) is 24.5. The molecular formula is C29H28N4O4S. The summed E-state index contributed by atoms with van der Waals surface area (Å²) in [5.41, 5.74) is 3.32. The molecule has 5 rings (SSSR count). The molecule has 0 bridgehead atoms. The van der Waals surface area contributed by atoms with Crippen LogP contribution >= 0.6 is 11.8 Å². The number of anilines is 2. The number of para-hydroxylation sites is 2. The molecule has 2 fully saturated rings. The Kier molecular flexibility index (Phi) is 8.06. The Bertz CT molecular complexity index is 1350. The molecule has 9 heteroatoms. The zero-order valence-corrected chi connectivity index (χ0v) is 21.8. The molecule has 8 nitrogen and oxygen atoms in total. The van der Waals surface area contributed by atoms with E-state index >= 15 is 0 Å². The lowest BCUT2D eigenvalue weighted by molar-refractivity contribution is -0.121. The number of aliphatic imine (C=N–C) groups is 1. The number of thioether (sulfide) groups is 1. The molecule has 38 heavy (non-hydrogen) atoms. The molecule has 2 heterocycles. The van der Waals surface area contributed by atoms with E-state index in [0.29, 0.717) is 27.1 Å². The summed E-state index contributed by atoms with van der Waals surface area (Å²) in [5.74, 6) is 0.109. The van der Waals surface area contributed by atoms with Gasteiger partial charge in [0.2, 0.25) is 0 Å². The second-order valence-electron chi connectivity index (χ2n) is 8.73. The van der Waals surface area contributed by atoms with Crippen molar-refractivity contribution in [3.05, 3.63) is 89.3 Å². The van der Waals surface area contributed by atoms with Gasteiger partial charge in [-0.15, -0.1) is 0 Å². The van der Waals surface area contributed by atoms with Gasteiger partial charge in [-0.2, -0.15) is 0 Å². The summed E-state index contributed by atoms with van der Waals surface area (Å²) in [6.07, 6.45) is 1.78. The van der Waals surface area contributed by atoms with Gasteiger partial charge in [0.15, 0.2) is 11.8 Å². The van der Waals surface area contributed by atoms with Gasteiger partial charge in [-0.3, -0.25) is 14.5 Å². The largest absolute Gasteiger partial charge is 0.483 e. The fourth-order valence-electron chi connectivity index (χ4n) is 4.06. The first-order valence-electron chi connectivity index (χ1n) is 12.3. The van der Waals surface area contributed by atoms with Crippen LogP contribution in [0.3, 0.4) is 0 Å². The van der Waals surface area contributed by atoms with E-state index in [2.05, 4.69) is 10.2 Å². The summed E-state index contributed by atoms with van der Waals surface area (Å²) in [4.78, 5) is 34.4. The molecule has 2 saturated heterocycles. The summed E-state index contributed by atoms with van der Waals surface area (Å²) >= 11 is 1.31. The van der Waals surface area contributed by atoms with Crippen molar-refractivity contribution in [3.8, 4) is 5.75 Å². The third-order valence-corrected chi connectivity index (χ3v) is 7.14. The van der Waals surface area contributed by atoms with Crippen LogP contribution in [0.2, 0.25) is 0 Å². The van der Waals surface area contributed by atoms with Gasteiger partial charge in [-0.05, 0) is 60.3 Å². The van der Waals surface area contributed by atoms with E-state index < -0.39 is 0 Å². The molecule has 0 aromatic heterocycles. The van der Waals surface area contributed by atoms with Gasteiger partial charge in [0.1, 0.15) is 5.75 Å². The first kappa shape index (κ1) is 25.6. The summed E-state index contributed by atoms with van der Waals surface area (Å²) in [6.45, 7) is 3.06. The van der Waals surface area contributed by atoms with Gasteiger partial charge in [0, 0.05) is 37.1 Å². The van der Waals surface area contributed by atoms with Crippen molar-refractivity contribution >= 4 is 51.9 Å². The lowest BCUT2D eigenvalue weighted by Crippen LogP contribution is -2.36. The van der Waals surface area contributed by atoms with Crippen LogP contribution in [-0.4, -0.2) is 61.8 Å². The Hall–Kier alpha value is -4.08. The highest BCUT2D eigenvalue weighted by atomic mass is 32.2. The molecule has 0 radical (unpaired) electrons. The Morgan fingerprint density at radius 2 is 1.74 bits per heavy atom. The van der Waals surface area contributed by atoms with Gasteiger partial charge in [0.05, 0.1) is 23.8 Å². The first-order valence-corrected chi connectivity index (χ1v) is 13.1. The standard InChI is InChI=1S/C29H28N4O4S/c1-32-28(35)26(38-29(32)31-23-11-13-24(14-12-23)33-15-17-36-18-16-33)19-21-7-5-6-10-25(21)37-20-27(34)30-22-8-3-2-4-9-22/h2-14,19H,15-18,20H2,1H3,(H,30,34)/b26-19+,31-29?. The van der Waals surface area contributed by atoms with Crippen molar-refractivity contribution in [1.82, 2.24) is 4.90 Å². The topological polar surface area (TPSA) is 83.5 Å². The fourth-order valence-corrected chi connectivity index (χ4v) is 5.03. The highest BCUT2D eigenvalue weighted by molar-refractivity contribution is 8.18. The maximum absolute atomic E-state index is 13.0. The summed E-state index contributed by atoms with van der Waals surface area (Å²) < 4.78 is 11.2. The number of morpholine rings is 1. The molecular weight excluding hydrogens is 500 g/mol. The van der Waals surface area contributed by atoms with Crippen molar-refractivity contribution in [1.29, 1.82) is 0 Å². The van der Waals surface area contributed by atoms with Crippen LogP contribution in [0.4, 0.5) is 17.1 Å². The number of hydrogen-bond acceptors (Lipinski definition) is 7. The van der Waals surface area contributed by atoms with Crippen LogP contribution in [0.25, 0.3) is 6.08 Å². The molecule has 0 aliphatic carbocycles. The quantitative estimate of drug-likeness (QED) is 0.445. The number of carbonyl (C=O) groups excluding carboxylic acids is 2. The summed E-state index contributed by atoms with van der Waals surface area (Å²) in [5, 5.41) is 3.40. The van der Waals surface area contributed by atoms with Crippen molar-refractivity contribution in [2.24, 2.45) is 4.99 Å². The van der Waals surface area contributed by atoms with Crippen LogP contribution in [0.15, 0.2) is 88.8 Å². The third-order valence-electron chi connectivity index (χ3n) is 6.08. The molecule has 0 atom stereocenters. The van der Waals surface area contributed by atoms with Crippen LogP contribution in [-0.2, 0) is 14.3 Å². The van der Waals surface area contributed by atoms with E-state index in [9.17, 15) is 9.59 Å². The highest BCUT2D eigenvalue weighted by Gasteiger charge is 2.30. The van der Waals surface area contributed by atoms with Crippen molar-refractivity contribution in [2.75, 3.05) is 50.2 Å². The van der Waals surface area contributed by atoms with Crippen LogP contribution in [0.1, 0.15) is 5.56 Å². The SMILES string of the molecule is CN1C(=O)/C(=C\c2ccccc2OCC(=O)Nc2ccccc2)SC1=Nc1ccc(N2CCOCC2)cc1. The minimum absolute atomic E-state index is 0.143. The molecule has 1 N–H and O–H groups in total. The second kappa shape index (κ2) is 12.0. The molecule has 2 aliphatic rings. The van der Waals surface area contributed by atoms with E-state index in [1.54, 1.807) is 24.1 Å². The molecule has 0 saturated carbocycles. The van der Waals surface area contributed by atoms with Gasteiger partial charge >= 0.3 is 0 Å². The first-order chi connectivity index (χ1) is 18.6. The lowest BCUT2D eigenvalue weighted by atomic mass is 10.2. The van der Waals surface area contributed by atoms with Crippen LogP contribution in [0, 0.1) is 0 Å². The maximum Gasteiger partial charge on any atom is 0.266 e. The number of carbonyl (C=O) groups is 2. The Morgan fingerprint density at radius 1 is 1.03 bits per heavy atom. The average molecular weight is 529 g/mol. The molecule has 2 amide bonds. The van der Waals surface area contributed by atoms with Crippen LogP contribution in [0.5, 0.6) is 5.75 Å². The number of rotatable bonds is 7. The third kappa shape index (κ3) is 6.24. The Labute approximate surface area is 225 Å². The van der Waals surface area contributed by atoms with Gasteiger partial charge in [0.25, 0.3) is 11.8 Å². The molecule has 0 spiro atoms. The minimum atomic E-state index is -0.265. The van der Waals surface area contributed by atoms with Gasteiger partial charge < -0.3 is 19.7 Å². The highest BCUT2D eigenvalue weighted by Crippen LogP contribution is 2.35. The molecule has 194 valence electrons. The Morgan fingerprint density at radius 3 is 2.50 bits per heavy atom. The van der Waals surface area contributed by atoms with Crippen molar-refractivity contribution < 1.29 is 19.1 Å². The number of nitrogens with zero attached hydrogens (tertiary/aromatic N) is 3. The van der Waals surface area contributed by atoms with E-state index in [1.165, 1.54) is 11.8 Å². The van der Waals surface area contributed by atoms with E-state index in [0.717, 1.165) is 37.7 Å². The van der Waals surface area contributed by atoms with E-state index in [-0.39, 0.29) is 18.4 Å².